The van der Waals surface area contributed by atoms with Gasteiger partial charge in [-0.25, -0.2) is 0 Å². The fraction of sp³-hybridized carbons (Fsp3) is 0.710. The number of hydrogen-bond donors (Lipinski definition) is 3. The summed E-state index contributed by atoms with van der Waals surface area (Å²) >= 11 is 0. The van der Waals surface area contributed by atoms with E-state index in [9.17, 15) is 14.4 Å². The van der Waals surface area contributed by atoms with Crippen molar-refractivity contribution in [2.24, 2.45) is 17.6 Å². The Morgan fingerprint density at radius 2 is 1.50 bits per heavy atom. The van der Waals surface area contributed by atoms with Gasteiger partial charge in [0.25, 0.3) is 0 Å². The summed E-state index contributed by atoms with van der Waals surface area (Å²) in [5, 5.41) is 5.76. The topological polar surface area (TPSA) is 105 Å². The predicted octanol–water partition coefficient (Wildman–Crippen LogP) is 4.37. The van der Waals surface area contributed by atoms with Crippen molar-refractivity contribution in [3.05, 3.63) is 23.3 Å². The third-order valence-corrected chi connectivity index (χ3v) is 7.85. The Labute approximate surface area is 232 Å². The number of aldehydes is 1. The molecule has 216 valence electrons. The average molecular weight is 531 g/mol. The quantitative estimate of drug-likeness (QED) is 0.349. The van der Waals surface area contributed by atoms with Gasteiger partial charge in [0.1, 0.15) is 12.3 Å². The Hall–Kier alpha value is -2.43. The van der Waals surface area contributed by atoms with Crippen LogP contribution in [0.2, 0.25) is 0 Å². The van der Waals surface area contributed by atoms with Crippen LogP contribution in [-0.2, 0) is 14.4 Å². The van der Waals surface area contributed by atoms with Crippen molar-refractivity contribution in [1.82, 2.24) is 15.5 Å². The number of fused-ring (bicyclic) bond motifs is 1. The summed E-state index contributed by atoms with van der Waals surface area (Å²) in [5.74, 6) is 0.109. The second-order valence-corrected chi connectivity index (χ2v) is 10.4. The molecule has 4 unspecified atom stereocenters. The zero-order valence-corrected chi connectivity index (χ0v) is 25.0. The van der Waals surface area contributed by atoms with Gasteiger partial charge < -0.3 is 26.1 Å². The number of amides is 2. The molecule has 1 heterocycles. The lowest BCUT2D eigenvalue weighted by atomic mass is 9.84. The number of likely N-dealkylation sites (tertiary alicyclic amines) is 1. The van der Waals surface area contributed by atoms with Crippen LogP contribution in [0, 0.1) is 24.7 Å². The van der Waals surface area contributed by atoms with Crippen molar-refractivity contribution < 1.29 is 14.4 Å². The number of hydrogen-bond acceptors (Lipinski definition) is 5. The molecule has 0 aromatic carbocycles. The van der Waals surface area contributed by atoms with Gasteiger partial charge in [-0.1, -0.05) is 38.8 Å². The molecule has 2 amide bonds. The summed E-state index contributed by atoms with van der Waals surface area (Å²) in [4.78, 5) is 38.7. The molecule has 7 nitrogen and oxygen atoms in total. The van der Waals surface area contributed by atoms with Crippen LogP contribution in [0.5, 0.6) is 0 Å². The minimum atomic E-state index is -0.587. The summed E-state index contributed by atoms with van der Waals surface area (Å²) in [5.41, 5.74) is 7.66. The fourth-order valence-electron chi connectivity index (χ4n) is 5.64. The Morgan fingerprint density at radius 1 is 0.974 bits per heavy atom. The zero-order chi connectivity index (χ0) is 29.3. The molecule has 0 bridgehead atoms. The third kappa shape index (κ3) is 10.0. The molecule has 1 aliphatic heterocycles. The summed E-state index contributed by atoms with van der Waals surface area (Å²) in [6, 6.07) is -1.13. The predicted molar refractivity (Wildman–Crippen MR) is 158 cm³/mol. The molecule has 0 spiro atoms. The van der Waals surface area contributed by atoms with E-state index in [0.29, 0.717) is 5.92 Å². The first-order chi connectivity index (χ1) is 18.3. The van der Waals surface area contributed by atoms with E-state index in [0.717, 1.165) is 32.0 Å². The SMILES string of the molecule is C#C.C/C=C1/CCCC/C1=C/C.CN.CN[C@@H](C)C(=O)NC(C(=O)N1C(C=O)CC2CCCCC21)C(C)C. The molecule has 0 aromatic heterocycles. The van der Waals surface area contributed by atoms with Gasteiger partial charge in [0.05, 0.1) is 12.1 Å². The van der Waals surface area contributed by atoms with Crippen LogP contribution in [0.15, 0.2) is 23.3 Å². The van der Waals surface area contributed by atoms with E-state index in [4.69, 9.17) is 0 Å². The van der Waals surface area contributed by atoms with Crippen molar-refractivity contribution in [2.45, 2.75) is 117 Å². The Bertz CT molecular complexity index is 782. The minimum Gasteiger partial charge on any atom is -0.343 e. The molecule has 2 aliphatic carbocycles. The van der Waals surface area contributed by atoms with Crippen molar-refractivity contribution >= 4 is 18.1 Å². The minimum absolute atomic E-state index is 0.0274. The maximum Gasteiger partial charge on any atom is 0.246 e. The molecule has 3 fully saturated rings. The van der Waals surface area contributed by atoms with Crippen molar-refractivity contribution in [1.29, 1.82) is 0 Å². The number of rotatable bonds is 6. The highest BCUT2D eigenvalue weighted by atomic mass is 16.2. The molecule has 1 saturated heterocycles. The smallest absolute Gasteiger partial charge is 0.246 e. The molecular weight excluding hydrogens is 476 g/mol. The monoisotopic (exact) mass is 530 g/mol. The first-order valence-corrected chi connectivity index (χ1v) is 14.3. The third-order valence-electron chi connectivity index (χ3n) is 7.85. The summed E-state index contributed by atoms with van der Waals surface area (Å²) < 4.78 is 0. The van der Waals surface area contributed by atoms with Crippen LogP contribution in [0.1, 0.15) is 92.4 Å². The summed E-state index contributed by atoms with van der Waals surface area (Å²) in [7, 11) is 3.21. The maximum atomic E-state index is 13.2. The number of carbonyl (C=O) groups excluding carboxylic acids is 3. The molecule has 0 aromatic rings. The van der Waals surface area contributed by atoms with E-state index in [-0.39, 0.29) is 35.9 Å². The highest BCUT2D eigenvalue weighted by molar-refractivity contribution is 5.91. The lowest BCUT2D eigenvalue weighted by Gasteiger charge is -2.36. The standard InChI is InChI=1S/C18H31N3O3.C10H16.C2H2.CH5N/c1-11(2)16(20-17(23)12(3)19-4)18(24)21-14(10-22)9-13-7-5-6-8-15(13)21;1-3-9-7-5-6-8-10(9)4-2;2*1-2/h10-16,19H,5-9H2,1-4H3,(H,20,23);3-4H,5-8H2,1-2H3;1-2H;2H2,1H3/b;9-3-,10-4-;;/t12-,13?,14?,15?,16?;;;/m0.../s1. The number of nitrogens with zero attached hydrogens (tertiary/aromatic N) is 1. The Morgan fingerprint density at radius 3 is 1.95 bits per heavy atom. The molecule has 4 N–H and O–H groups in total. The van der Waals surface area contributed by atoms with Crippen LogP contribution >= 0.6 is 0 Å². The number of nitrogens with one attached hydrogen (secondary N) is 2. The molecular formula is C31H54N4O3. The van der Waals surface area contributed by atoms with Gasteiger partial charge in [-0.2, -0.15) is 0 Å². The van der Waals surface area contributed by atoms with Crippen LogP contribution in [0.3, 0.4) is 0 Å². The fourth-order valence-corrected chi connectivity index (χ4v) is 5.64. The van der Waals surface area contributed by atoms with Gasteiger partial charge in [0, 0.05) is 6.04 Å². The lowest BCUT2D eigenvalue weighted by molar-refractivity contribution is -0.142. The van der Waals surface area contributed by atoms with E-state index in [2.05, 4.69) is 55.2 Å². The van der Waals surface area contributed by atoms with E-state index >= 15 is 0 Å². The number of terminal acetylenes is 1. The second kappa shape index (κ2) is 19.6. The van der Waals surface area contributed by atoms with Gasteiger partial charge >= 0.3 is 0 Å². The van der Waals surface area contributed by atoms with Gasteiger partial charge in [0.2, 0.25) is 11.8 Å². The van der Waals surface area contributed by atoms with E-state index in [1.165, 1.54) is 39.2 Å². The average Bonchev–Trinajstić information content (AvgIpc) is 3.36. The Balaban J connectivity index is 0.000000813. The van der Waals surface area contributed by atoms with Crippen LogP contribution in [0.4, 0.5) is 0 Å². The second-order valence-electron chi connectivity index (χ2n) is 10.4. The largest absolute Gasteiger partial charge is 0.343 e. The first-order valence-electron chi connectivity index (χ1n) is 14.3. The maximum absolute atomic E-state index is 13.2. The van der Waals surface area contributed by atoms with Crippen molar-refractivity contribution in [3.8, 4) is 12.8 Å². The van der Waals surface area contributed by atoms with Crippen LogP contribution < -0.4 is 16.4 Å². The van der Waals surface area contributed by atoms with E-state index < -0.39 is 6.04 Å². The van der Waals surface area contributed by atoms with E-state index in [1.807, 2.05) is 13.8 Å². The van der Waals surface area contributed by atoms with Crippen molar-refractivity contribution in [2.75, 3.05) is 14.1 Å². The Kier molecular flexibility index (Phi) is 18.4. The van der Waals surface area contributed by atoms with Gasteiger partial charge in [-0.15, -0.1) is 12.8 Å². The molecule has 5 atom stereocenters. The molecule has 0 radical (unpaired) electrons. The highest BCUT2D eigenvalue weighted by Crippen LogP contribution is 2.39. The normalized spacial score (nSPS) is 25.9. The van der Waals surface area contributed by atoms with E-state index in [1.54, 1.807) is 30.0 Å². The number of allylic oxidation sites excluding steroid dienone is 4. The molecule has 2 saturated carbocycles. The molecule has 3 rings (SSSR count). The van der Waals surface area contributed by atoms with Crippen molar-refractivity contribution in [3.63, 3.8) is 0 Å². The van der Waals surface area contributed by atoms with Gasteiger partial charge in [-0.05, 0) is 103 Å². The van der Waals surface area contributed by atoms with Gasteiger partial charge in [-0.3, -0.25) is 9.59 Å². The number of nitrogens with two attached hydrogens (primary N) is 1. The highest BCUT2D eigenvalue weighted by Gasteiger charge is 2.46. The zero-order valence-electron chi connectivity index (χ0n) is 25.0. The number of carbonyl (C=O) groups is 3. The molecule has 38 heavy (non-hydrogen) atoms. The molecule has 3 aliphatic rings. The molecule has 7 heteroatoms. The van der Waals surface area contributed by atoms with Gasteiger partial charge in [0.15, 0.2) is 0 Å². The van der Waals surface area contributed by atoms with Crippen LogP contribution in [0.25, 0.3) is 0 Å². The lowest BCUT2D eigenvalue weighted by Crippen LogP contribution is -2.57. The summed E-state index contributed by atoms with van der Waals surface area (Å²) in [6.07, 6.45) is 23.9. The summed E-state index contributed by atoms with van der Waals surface area (Å²) in [6.45, 7) is 9.90. The number of likely N-dealkylation sites (N-methyl/N-ethyl adjacent to an activating group) is 1. The van der Waals surface area contributed by atoms with Crippen LogP contribution in [-0.4, -0.2) is 61.3 Å². The first kappa shape index (κ1) is 35.6.